The summed E-state index contributed by atoms with van der Waals surface area (Å²) in [6.45, 7) is 0.470. The van der Waals surface area contributed by atoms with Gasteiger partial charge in [-0.3, -0.25) is 4.79 Å². The van der Waals surface area contributed by atoms with Gasteiger partial charge in [-0.25, -0.2) is 0 Å². The van der Waals surface area contributed by atoms with E-state index < -0.39 is 0 Å². The Balaban J connectivity index is 2.10. The summed E-state index contributed by atoms with van der Waals surface area (Å²) in [5, 5.41) is 12.4. The molecule has 0 radical (unpaired) electrons. The zero-order chi connectivity index (χ0) is 13.0. The molecule has 0 heterocycles. The van der Waals surface area contributed by atoms with Gasteiger partial charge in [0.15, 0.2) is 0 Å². The van der Waals surface area contributed by atoms with Gasteiger partial charge in [-0.2, -0.15) is 0 Å². The average Bonchev–Trinajstić information content (AvgIpc) is 2.40. The fourth-order valence-corrected chi connectivity index (χ4v) is 2.57. The van der Waals surface area contributed by atoms with E-state index in [-0.39, 0.29) is 17.2 Å². The minimum atomic E-state index is -0.263. The van der Waals surface area contributed by atoms with Crippen LogP contribution in [0.3, 0.4) is 0 Å². The predicted octanol–water partition coefficient (Wildman–Crippen LogP) is 1.78. The molecule has 4 N–H and O–H groups in total. The van der Waals surface area contributed by atoms with E-state index >= 15 is 0 Å². The summed E-state index contributed by atoms with van der Waals surface area (Å²) in [6, 6.07) is 6.39. The number of nitrogens with two attached hydrogens (primary N) is 1. The molecule has 1 amide bonds. The number of amides is 1. The number of rotatable bonds is 3. The maximum atomic E-state index is 12.2. The minimum Gasteiger partial charge on any atom is -0.508 e. The van der Waals surface area contributed by atoms with Gasteiger partial charge in [0, 0.05) is 12.1 Å². The first-order chi connectivity index (χ1) is 8.65. The van der Waals surface area contributed by atoms with Crippen molar-refractivity contribution >= 4 is 5.91 Å². The lowest BCUT2D eigenvalue weighted by atomic mass is 9.81. The van der Waals surface area contributed by atoms with Crippen LogP contribution >= 0.6 is 0 Å². The Bertz CT molecular complexity index is 426. The number of carbonyl (C=O) groups is 1. The second-order valence-corrected chi connectivity index (χ2v) is 5.05. The Morgan fingerprint density at radius 1 is 1.33 bits per heavy atom. The second kappa shape index (κ2) is 5.40. The third kappa shape index (κ3) is 2.82. The van der Waals surface area contributed by atoms with Crippen LogP contribution in [0.1, 0.15) is 42.5 Å². The molecule has 0 unspecified atom stereocenters. The van der Waals surface area contributed by atoms with Crippen molar-refractivity contribution in [1.82, 2.24) is 5.32 Å². The molecule has 0 atom stereocenters. The standard InChI is InChI=1S/C14H20N2O2/c15-10-14(7-2-1-3-8-14)16-13(18)11-5-4-6-12(17)9-11/h4-6,9,17H,1-3,7-8,10,15H2,(H,16,18). The number of phenols is 1. The monoisotopic (exact) mass is 248 g/mol. The molecule has 0 saturated heterocycles. The molecule has 1 saturated carbocycles. The summed E-state index contributed by atoms with van der Waals surface area (Å²) in [7, 11) is 0. The van der Waals surface area contributed by atoms with Gasteiger partial charge in [0.2, 0.25) is 0 Å². The SMILES string of the molecule is NCC1(NC(=O)c2cccc(O)c2)CCCCC1. The lowest BCUT2D eigenvalue weighted by molar-refractivity contribution is 0.0874. The Hall–Kier alpha value is -1.55. The van der Waals surface area contributed by atoms with Crippen LogP contribution in [0.15, 0.2) is 24.3 Å². The van der Waals surface area contributed by atoms with Crippen molar-refractivity contribution in [1.29, 1.82) is 0 Å². The highest BCUT2D eigenvalue weighted by atomic mass is 16.3. The van der Waals surface area contributed by atoms with Crippen molar-refractivity contribution in [2.75, 3.05) is 6.54 Å². The zero-order valence-electron chi connectivity index (χ0n) is 10.5. The number of benzene rings is 1. The fraction of sp³-hybridized carbons (Fsp3) is 0.500. The smallest absolute Gasteiger partial charge is 0.251 e. The highest BCUT2D eigenvalue weighted by Gasteiger charge is 2.32. The molecule has 1 aliphatic carbocycles. The average molecular weight is 248 g/mol. The van der Waals surface area contributed by atoms with E-state index in [0.29, 0.717) is 12.1 Å². The lowest BCUT2D eigenvalue weighted by Crippen LogP contribution is -2.54. The van der Waals surface area contributed by atoms with Crippen molar-refractivity contribution in [3.8, 4) is 5.75 Å². The first-order valence-corrected chi connectivity index (χ1v) is 6.47. The molecule has 1 aliphatic rings. The molecule has 0 aromatic heterocycles. The molecule has 1 aromatic rings. The third-order valence-electron chi connectivity index (χ3n) is 3.69. The van der Waals surface area contributed by atoms with Crippen molar-refractivity contribution < 1.29 is 9.90 Å². The van der Waals surface area contributed by atoms with E-state index in [1.807, 2.05) is 0 Å². The molecule has 1 aromatic carbocycles. The highest BCUT2D eigenvalue weighted by Crippen LogP contribution is 2.27. The summed E-state index contributed by atoms with van der Waals surface area (Å²) < 4.78 is 0. The topological polar surface area (TPSA) is 75.3 Å². The molecule has 2 rings (SSSR count). The van der Waals surface area contributed by atoms with Gasteiger partial charge in [0.1, 0.15) is 5.75 Å². The highest BCUT2D eigenvalue weighted by molar-refractivity contribution is 5.95. The number of hydrogen-bond acceptors (Lipinski definition) is 3. The number of carbonyl (C=O) groups excluding carboxylic acids is 1. The largest absolute Gasteiger partial charge is 0.508 e. The van der Waals surface area contributed by atoms with Crippen LogP contribution in [0, 0.1) is 0 Å². The van der Waals surface area contributed by atoms with Gasteiger partial charge >= 0.3 is 0 Å². The van der Waals surface area contributed by atoms with E-state index in [0.717, 1.165) is 25.7 Å². The molecule has 1 fully saturated rings. The number of nitrogens with one attached hydrogen (secondary N) is 1. The first kappa shape index (κ1) is 12.9. The van der Waals surface area contributed by atoms with Gasteiger partial charge in [0.25, 0.3) is 5.91 Å². The van der Waals surface area contributed by atoms with Gasteiger partial charge in [-0.15, -0.1) is 0 Å². The summed E-state index contributed by atoms with van der Waals surface area (Å²) in [4.78, 5) is 12.2. The maximum Gasteiger partial charge on any atom is 0.251 e. The van der Waals surface area contributed by atoms with Gasteiger partial charge in [-0.05, 0) is 31.0 Å². The molecule has 0 bridgehead atoms. The molecule has 0 aliphatic heterocycles. The third-order valence-corrected chi connectivity index (χ3v) is 3.69. The molecular weight excluding hydrogens is 228 g/mol. The Morgan fingerprint density at radius 2 is 2.06 bits per heavy atom. The van der Waals surface area contributed by atoms with Crippen molar-refractivity contribution in [3.63, 3.8) is 0 Å². The number of phenolic OH excluding ortho intramolecular Hbond substituents is 1. The normalized spacial score (nSPS) is 18.3. The van der Waals surface area contributed by atoms with Gasteiger partial charge < -0.3 is 16.2 Å². The Morgan fingerprint density at radius 3 is 2.67 bits per heavy atom. The molecule has 0 spiro atoms. The summed E-state index contributed by atoms with van der Waals surface area (Å²) in [5.74, 6) is -0.0497. The predicted molar refractivity (Wildman–Crippen MR) is 70.4 cm³/mol. The summed E-state index contributed by atoms with van der Waals surface area (Å²) in [6.07, 6.45) is 5.31. The number of hydrogen-bond donors (Lipinski definition) is 3. The van der Waals surface area contributed by atoms with E-state index in [4.69, 9.17) is 5.73 Å². The van der Waals surface area contributed by atoms with Crippen LogP contribution in [0.2, 0.25) is 0 Å². The van der Waals surface area contributed by atoms with E-state index in [1.165, 1.54) is 12.5 Å². The van der Waals surface area contributed by atoms with Gasteiger partial charge in [-0.1, -0.05) is 25.3 Å². The summed E-state index contributed by atoms with van der Waals surface area (Å²) >= 11 is 0. The lowest BCUT2D eigenvalue weighted by Gasteiger charge is -2.37. The van der Waals surface area contributed by atoms with Crippen LogP contribution in [0.4, 0.5) is 0 Å². The van der Waals surface area contributed by atoms with Crippen LogP contribution in [-0.2, 0) is 0 Å². The summed E-state index contributed by atoms with van der Waals surface area (Å²) in [5.41, 5.74) is 6.05. The first-order valence-electron chi connectivity index (χ1n) is 6.47. The Labute approximate surface area is 107 Å². The fourth-order valence-electron chi connectivity index (χ4n) is 2.57. The quantitative estimate of drug-likeness (QED) is 0.763. The van der Waals surface area contributed by atoms with Crippen LogP contribution in [0.5, 0.6) is 5.75 Å². The molecule has 18 heavy (non-hydrogen) atoms. The van der Waals surface area contributed by atoms with E-state index in [9.17, 15) is 9.90 Å². The van der Waals surface area contributed by atoms with Crippen molar-refractivity contribution in [2.24, 2.45) is 5.73 Å². The molecule has 4 nitrogen and oxygen atoms in total. The van der Waals surface area contributed by atoms with Gasteiger partial charge in [0.05, 0.1) is 5.54 Å². The van der Waals surface area contributed by atoms with Crippen molar-refractivity contribution in [3.05, 3.63) is 29.8 Å². The second-order valence-electron chi connectivity index (χ2n) is 5.05. The molecule has 4 heteroatoms. The van der Waals surface area contributed by atoms with E-state index in [2.05, 4.69) is 5.32 Å². The molecular formula is C14H20N2O2. The number of aromatic hydroxyl groups is 1. The van der Waals surface area contributed by atoms with Crippen molar-refractivity contribution in [2.45, 2.75) is 37.6 Å². The zero-order valence-corrected chi connectivity index (χ0v) is 10.5. The minimum absolute atomic E-state index is 0.105. The van der Waals surface area contributed by atoms with Crippen LogP contribution < -0.4 is 11.1 Å². The Kier molecular flexibility index (Phi) is 3.87. The van der Waals surface area contributed by atoms with Crippen LogP contribution in [0.25, 0.3) is 0 Å². The molecule has 98 valence electrons. The maximum absolute atomic E-state index is 12.2. The van der Waals surface area contributed by atoms with Crippen LogP contribution in [-0.4, -0.2) is 23.1 Å². The van der Waals surface area contributed by atoms with E-state index in [1.54, 1.807) is 18.2 Å².